The molecule has 11 nitrogen and oxygen atoms in total. The number of carbonyl (C=O) groups is 2. The highest BCUT2D eigenvalue weighted by molar-refractivity contribution is 7.99. The van der Waals surface area contributed by atoms with Gasteiger partial charge < -0.3 is 19.5 Å². The lowest BCUT2D eigenvalue weighted by molar-refractivity contribution is -0.384. The Morgan fingerprint density at radius 3 is 2.27 bits per heavy atom. The number of hydrogen-bond acceptors (Lipinski definition) is 9. The van der Waals surface area contributed by atoms with Crippen molar-refractivity contribution >= 4 is 40.6 Å². The van der Waals surface area contributed by atoms with Gasteiger partial charge in [-0.05, 0) is 60.7 Å². The van der Waals surface area contributed by atoms with E-state index in [0.717, 1.165) is 17.4 Å². The van der Waals surface area contributed by atoms with E-state index in [-0.39, 0.29) is 40.2 Å². The van der Waals surface area contributed by atoms with E-state index in [9.17, 15) is 24.1 Å². The first-order chi connectivity index (χ1) is 19.4. The molecule has 13 heteroatoms. The fraction of sp³-hybridized carbons (Fsp3) is 0.185. The van der Waals surface area contributed by atoms with Crippen LogP contribution in [0.5, 0.6) is 0 Å². The summed E-state index contributed by atoms with van der Waals surface area (Å²) >= 11 is 1.08. The van der Waals surface area contributed by atoms with Crippen molar-refractivity contribution in [3.05, 3.63) is 94.3 Å². The molecular weight excluding hydrogens is 539 g/mol. The number of benzene rings is 3. The molecule has 1 aromatic heterocycles. The maximum atomic E-state index is 13.1. The number of hydrogen-bond donors (Lipinski definition) is 1. The third kappa shape index (κ3) is 6.43. The van der Waals surface area contributed by atoms with Crippen molar-refractivity contribution in [1.29, 1.82) is 0 Å². The lowest BCUT2D eigenvalue weighted by atomic mass is 10.1. The molecule has 3 aromatic carbocycles. The maximum absolute atomic E-state index is 13.1. The van der Waals surface area contributed by atoms with Crippen LogP contribution in [0.3, 0.4) is 0 Å². The fourth-order valence-corrected chi connectivity index (χ4v) is 4.70. The number of non-ortho nitro benzene ring substituents is 1. The van der Waals surface area contributed by atoms with Crippen LogP contribution in [-0.2, 0) is 4.79 Å². The van der Waals surface area contributed by atoms with Crippen molar-refractivity contribution < 1.29 is 23.3 Å². The van der Waals surface area contributed by atoms with Crippen molar-refractivity contribution in [3.8, 4) is 11.5 Å². The lowest BCUT2D eigenvalue weighted by Gasteiger charge is -2.36. The summed E-state index contributed by atoms with van der Waals surface area (Å²) in [5.41, 5.74) is 2.58. The summed E-state index contributed by atoms with van der Waals surface area (Å²) in [5.74, 6) is -0.483. The molecule has 1 aliphatic rings. The highest BCUT2D eigenvalue weighted by Gasteiger charge is 2.22. The number of halogens is 1. The van der Waals surface area contributed by atoms with Gasteiger partial charge in [-0.1, -0.05) is 11.8 Å². The van der Waals surface area contributed by atoms with Gasteiger partial charge in [-0.3, -0.25) is 19.7 Å². The molecule has 0 unspecified atom stereocenters. The van der Waals surface area contributed by atoms with Gasteiger partial charge in [0.1, 0.15) is 5.82 Å². The second-order valence-corrected chi connectivity index (χ2v) is 9.77. The zero-order chi connectivity index (χ0) is 28.1. The molecule has 0 saturated carbocycles. The van der Waals surface area contributed by atoms with Gasteiger partial charge in [-0.25, -0.2) is 4.39 Å². The van der Waals surface area contributed by atoms with Crippen LogP contribution in [-0.4, -0.2) is 63.8 Å². The van der Waals surface area contributed by atoms with Crippen LogP contribution < -0.4 is 10.2 Å². The Morgan fingerprint density at radius 1 is 0.950 bits per heavy atom. The molecule has 1 N–H and O–H groups in total. The van der Waals surface area contributed by atoms with Crippen LogP contribution >= 0.6 is 11.8 Å². The summed E-state index contributed by atoms with van der Waals surface area (Å²) in [6.45, 7) is 2.41. The number of carbonyl (C=O) groups excluding carboxylic acids is 2. The molecule has 0 aliphatic carbocycles. The zero-order valence-corrected chi connectivity index (χ0v) is 21.8. The molecule has 1 aliphatic heterocycles. The van der Waals surface area contributed by atoms with E-state index in [2.05, 4.69) is 20.4 Å². The molecule has 204 valence electrons. The van der Waals surface area contributed by atoms with Crippen molar-refractivity contribution in [1.82, 2.24) is 15.1 Å². The standard InChI is InChI=1S/C27H23FN6O5S/c28-20-5-1-19(2-6-20)26(36)33-15-13-32(14-16-33)22-11-7-21(8-12-22)29-24(35)17-40-27-31-30-25(39-27)18-3-9-23(10-4-18)34(37)38/h1-12H,13-17H2,(H,29,35). The molecule has 0 radical (unpaired) electrons. The molecule has 0 bridgehead atoms. The number of thioether (sulfide) groups is 1. The van der Waals surface area contributed by atoms with E-state index in [0.29, 0.717) is 43.0 Å². The number of anilines is 2. The summed E-state index contributed by atoms with van der Waals surface area (Å²) in [6.07, 6.45) is 0. The van der Waals surface area contributed by atoms with Crippen LogP contribution in [0.2, 0.25) is 0 Å². The number of rotatable bonds is 8. The zero-order valence-electron chi connectivity index (χ0n) is 21.0. The van der Waals surface area contributed by atoms with E-state index in [1.807, 2.05) is 24.3 Å². The third-order valence-electron chi connectivity index (χ3n) is 6.23. The van der Waals surface area contributed by atoms with Gasteiger partial charge in [-0.15, -0.1) is 10.2 Å². The van der Waals surface area contributed by atoms with Gasteiger partial charge in [0.05, 0.1) is 10.7 Å². The van der Waals surface area contributed by atoms with E-state index in [1.54, 1.807) is 4.90 Å². The van der Waals surface area contributed by atoms with Gasteiger partial charge in [0, 0.05) is 60.8 Å². The number of nitrogens with one attached hydrogen (secondary N) is 1. The SMILES string of the molecule is O=C(CSc1nnc(-c2ccc([N+](=O)[O-])cc2)o1)Nc1ccc(N2CCN(C(=O)c3ccc(F)cc3)CC2)cc1. The van der Waals surface area contributed by atoms with Crippen LogP contribution in [0.4, 0.5) is 21.5 Å². The smallest absolute Gasteiger partial charge is 0.277 e. The second kappa shape index (κ2) is 11.9. The summed E-state index contributed by atoms with van der Waals surface area (Å²) in [7, 11) is 0. The molecule has 1 fully saturated rings. The Bertz CT molecular complexity index is 1500. The number of nitro benzene ring substituents is 1. The quantitative estimate of drug-likeness (QED) is 0.187. The predicted octanol–water partition coefficient (Wildman–Crippen LogP) is 4.48. The number of nitro groups is 1. The van der Waals surface area contributed by atoms with Gasteiger partial charge in [0.15, 0.2) is 0 Å². The first-order valence-corrected chi connectivity index (χ1v) is 13.2. The summed E-state index contributed by atoms with van der Waals surface area (Å²) < 4.78 is 18.7. The minimum atomic E-state index is -0.492. The monoisotopic (exact) mass is 562 g/mol. The van der Waals surface area contributed by atoms with Gasteiger partial charge in [-0.2, -0.15) is 0 Å². The minimum Gasteiger partial charge on any atom is -0.411 e. The fourth-order valence-electron chi connectivity index (χ4n) is 4.13. The summed E-state index contributed by atoms with van der Waals surface area (Å²) in [5, 5.41) is 21.7. The molecule has 40 heavy (non-hydrogen) atoms. The average Bonchev–Trinajstić information content (AvgIpc) is 3.46. The highest BCUT2D eigenvalue weighted by Crippen LogP contribution is 2.25. The van der Waals surface area contributed by atoms with Crippen molar-refractivity contribution in [2.45, 2.75) is 5.22 Å². The van der Waals surface area contributed by atoms with Crippen LogP contribution in [0.1, 0.15) is 10.4 Å². The Morgan fingerprint density at radius 2 is 1.62 bits per heavy atom. The van der Waals surface area contributed by atoms with E-state index in [4.69, 9.17) is 4.42 Å². The molecular formula is C27H23FN6O5S. The topological polar surface area (TPSA) is 135 Å². The molecule has 2 amide bonds. The predicted molar refractivity (Wildman–Crippen MR) is 147 cm³/mol. The van der Waals surface area contributed by atoms with Crippen molar-refractivity contribution in [3.63, 3.8) is 0 Å². The number of amides is 2. The van der Waals surface area contributed by atoms with E-state index in [1.165, 1.54) is 48.5 Å². The van der Waals surface area contributed by atoms with Crippen molar-refractivity contribution in [2.75, 3.05) is 42.1 Å². The van der Waals surface area contributed by atoms with Crippen LogP contribution in [0.25, 0.3) is 11.5 Å². The third-order valence-corrected chi connectivity index (χ3v) is 7.05. The minimum absolute atomic E-state index is 0.0415. The van der Waals surface area contributed by atoms with Crippen LogP contribution in [0, 0.1) is 15.9 Å². The Kier molecular flexibility index (Phi) is 8.01. The Balaban J connectivity index is 1.08. The largest absolute Gasteiger partial charge is 0.411 e. The molecule has 1 saturated heterocycles. The Hall–Kier alpha value is -4.78. The molecule has 2 heterocycles. The maximum Gasteiger partial charge on any atom is 0.277 e. The lowest BCUT2D eigenvalue weighted by Crippen LogP contribution is -2.48. The number of nitrogens with zero attached hydrogens (tertiary/aromatic N) is 5. The number of piperazine rings is 1. The second-order valence-electron chi connectivity index (χ2n) is 8.85. The molecule has 0 spiro atoms. The normalized spacial score (nSPS) is 13.2. The molecule has 0 atom stereocenters. The molecule has 5 rings (SSSR count). The molecule has 4 aromatic rings. The van der Waals surface area contributed by atoms with Gasteiger partial charge >= 0.3 is 0 Å². The summed E-state index contributed by atoms with van der Waals surface area (Å²) in [6, 6.07) is 18.7. The highest BCUT2D eigenvalue weighted by atomic mass is 32.2. The van der Waals surface area contributed by atoms with Crippen LogP contribution in [0.15, 0.2) is 82.4 Å². The summed E-state index contributed by atoms with van der Waals surface area (Å²) in [4.78, 5) is 39.3. The van der Waals surface area contributed by atoms with Crippen molar-refractivity contribution in [2.24, 2.45) is 0 Å². The average molecular weight is 563 g/mol. The number of aromatic nitrogens is 2. The van der Waals surface area contributed by atoms with Gasteiger partial charge in [0.25, 0.3) is 16.8 Å². The van der Waals surface area contributed by atoms with E-state index < -0.39 is 4.92 Å². The van der Waals surface area contributed by atoms with E-state index >= 15 is 0 Å². The first kappa shape index (κ1) is 26.8. The first-order valence-electron chi connectivity index (χ1n) is 12.3. The Labute approximate surface area is 232 Å². The van der Waals surface area contributed by atoms with Gasteiger partial charge in [0.2, 0.25) is 11.8 Å².